The van der Waals surface area contributed by atoms with Gasteiger partial charge in [-0.2, -0.15) is 0 Å². The number of amides is 1. The lowest BCUT2D eigenvalue weighted by molar-refractivity contribution is 0.0595. The van der Waals surface area contributed by atoms with Gasteiger partial charge in [0.05, 0.1) is 0 Å². The van der Waals surface area contributed by atoms with E-state index in [9.17, 15) is 4.79 Å². The Morgan fingerprint density at radius 3 is 2.38 bits per heavy atom. The molecular formula is C20H31N3O. The number of rotatable bonds is 4. The maximum Gasteiger partial charge on any atom is 0.253 e. The maximum absolute atomic E-state index is 12.8. The van der Waals surface area contributed by atoms with Crippen molar-refractivity contribution in [1.29, 1.82) is 0 Å². The number of hydrogen-bond donors (Lipinski definition) is 0. The van der Waals surface area contributed by atoms with Crippen LogP contribution in [-0.4, -0.2) is 65.9 Å². The molecular weight excluding hydrogens is 298 g/mol. The first-order valence-electron chi connectivity index (χ1n) is 9.48. The molecule has 0 aromatic heterocycles. The number of nitrogens with zero attached hydrogens (tertiary/aromatic N) is 3. The lowest BCUT2D eigenvalue weighted by atomic mass is 10.1. The van der Waals surface area contributed by atoms with Crippen molar-refractivity contribution in [3.05, 3.63) is 35.4 Å². The molecule has 2 aliphatic heterocycles. The predicted octanol–water partition coefficient (Wildman–Crippen LogP) is 2.84. The van der Waals surface area contributed by atoms with Crippen LogP contribution in [0.5, 0.6) is 0 Å². The van der Waals surface area contributed by atoms with Crippen LogP contribution >= 0.6 is 0 Å². The van der Waals surface area contributed by atoms with Crippen LogP contribution in [0.25, 0.3) is 0 Å². The SMILES string of the molecule is CC(C)N1CCN(C(=O)c2cccc(CN3CCCCC3)c2)CC1. The second kappa shape index (κ2) is 8.13. The minimum absolute atomic E-state index is 0.193. The second-order valence-electron chi connectivity index (χ2n) is 7.46. The van der Waals surface area contributed by atoms with Gasteiger partial charge in [-0.25, -0.2) is 0 Å². The summed E-state index contributed by atoms with van der Waals surface area (Å²) in [6.45, 7) is 11.4. The summed E-state index contributed by atoms with van der Waals surface area (Å²) in [5.41, 5.74) is 2.12. The van der Waals surface area contributed by atoms with Crippen molar-refractivity contribution < 1.29 is 4.79 Å². The zero-order chi connectivity index (χ0) is 16.9. The van der Waals surface area contributed by atoms with Gasteiger partial charge in [0.1, 0.15) is 0 Å². The van der Waals surface area contributed by atoms with Crippen molar-refractivity contribution in [2.24, 2.45) is 0 Å². The number of carbonyl (C=O) groups is 1. The first-order chi connectivity index (χ1) is 11.6. The Balaban J connectivity index is 1.60. The highest BCUT2D eigenvalue weighted by atomic mass is 16.2. The van der Waals surface area contributed by atoms with Gasteiger partial charge in [0.25, 0.3) is 5.91 Å². The largest absolute Gasteiger partial charge is 0.336 e. The summed E-state index contributed by atoms with van der Waals surface area (Å²) in [4.78, 5) is 19.8. The molecule has 0 radical (unpaired) electrons. The Morgan fingerprint density at radius 2 is 1.71 bits per heavy atom. The Morgan fingerprint density at radius 1 is 1.00 bits per heavy atom. The van der Waals surface area contributed by atoms with Crippen LogP contribution in [0.1, 0.15) is 49.0 Å². The molecule has 0 bridgehead atoms. The van der Waals surface area contributed by atoms with E-state index in [1.54, 1.807) is 0 Å². The van der Waals surface area contributed by atoms with Crippen molar-refractivity contribution in [3.8, 4) is 0 Å². The van der Waals surface area contributed by atoms with Gasteiger partial charge < -0.3 is 4.90 Å². The summed E-state index contributed by atoms with van der Waals surface area (Å²) in [5, 5.41) is 0. The summed E-state index contributed by atoms with van der Waals surface area (Å²) in [7, 11) is 0. The predicted molar refractivity (Wildman–Crippen MR) is 98.2 cm³/mol. The highest BCUT2D eigenvalue weighted by molar-refractivity contribution is 5.94. The minimum Gasteiger partial charge on any atom is -0.336 e. The lowest BCUT2D eigenvalue weighted by Gasteiger charge is -2.37. The van der Waals surface area contributed by atoms with Gasteiger partial charge in [0, 0.05) is 44.3 Å². The molecule has 1 amide bonds. The smallest absolute Gasteiger partial charge is 0.253 e. The average Bonchev–Trinajstić information content (AvgIpc) is 2.62. The molecule has 4 heteroatoms. The summed E-state index contributed by atoms with van der Waals surface area (Å²) in [6, 6.07) is 8.83. The molecule has 4 nitrogen and oxygen atoms in total. The monoisotopic (exact) mass is 329 g/mol. The van der Waals surface area contributed by atoms with Crippen LogP contribution in [0.4, 0.5) is 0 Å². The molecule has 0 N–H and O–H groups in total. The van der Waals surface area contributed by atoms with Crippen molar-refractivity contribution in [2.45, 2.75) is 45.7 Å². The zero-order valence-electron chi connectivity index (χ0n) is 15.2. The first kappa shape index (κ1) is 17.4. The van der Waals surface area contributed by atoms with Crippen molar-refractivity contribution in [3.63, 3.8) is 0 Å². The highest BCUT2D eigenvalue weighted by Gasteiger charge is 2.23. The average molecular weight is 329 g/mol. The van der Waals surface area contributed by atoms with E-state index < -0.39 is 0 Å². The Labute approximate surface area is 146 Å². The standard InChI is InChI=1S/C20H31N3O/c1-17(2)22-11-13-23(14-12-22)20(24)19-8-6-7-18(15-19)16-21-9-4-3-5-10-21/h6-8,15,17H,3-5,9-14,16H2,1-2H3. The van der Waals surface area contributed by atoms with Crippen LogP contribution in [0.3, 0.4) is 0 Å². The number of hydrogen-bond acceptors (Lipinski definition) is 3. The molecule has 2 aliphatic rings. The van der Waals surface area contributed by atoms with E-state index in [-0.39, 0.29) is 5.91 Å². The number of benzene rings is 1. The quantitative estimate of drug-likeness (QED) is 0.850. The number of carbonyl (C=O) groups excluding carboxylic acids is 1. The summed E-state index contributed by atoms with van der Waals surface area (Å²) >= 11 is 0. The molecule has 0 saturated carbocycles. The van der Waals surface area contributed by atoms with E-state index in [4.69, 9.17) is 0 Å². The van der Waals surface area contributed by atoms with Gasteiger partial charge in [-0.1, -0.05) is 18.6 Å². The fourth-order valence-electron chi connectivity index (χ4n) is 3.80. The maximum atomic E-state index is 12.8. The highest BCUT2D eigenvalue weighted by Crippen LogP contribution is 2.16. The van der Waals surface area contributed by atoms with E-state index in [1.165, 1.54) is 37.9 Å². The molecule has 132 valence electrons. The fourth-order valence-corrected chi connectivity index (χ4v) is 3.80. The fraction of sp³-hybridized carbons (Fsp3) is 0.650. The topological polar surface area (TPSA) is 26.8 Å². The van der Waals surface area contributed by atoms with Crippen molar-refractivity contribution in [1.82, 2.24) is 14.7 Å². The van der Waals surface area contributed by atoms with Crippen molar-refractivity contribution in [2.75, 3.05) is 39.3 Å². The third-order valence-corrected chi connectivity index (χ3v) is 5.36. The summed E-state index contributed by atoms with van der Waals surface area (Å²) < 4.78 is 0. The molecule has 3 rings (SSSR count). The van der Waals surface area contributed by atoms with Crippen LogP contribution in [0.2, 0.25) is 0 Å². The first-order valence-corrected chi connectivity index (χ1v) is 9.48. The van der Waals surface area contributed by atoms with Gasteiger partial charge in [-0.05, 0) is 57.5 Å². The van der Waals surface area contributed by atoms with E-state index in [0.29, 0.717) is 6.04 Å². The van der Waals surface area contributed by atoms with Gasteiger partial charge in [-0.3, -0.25) is 14.6 Å². The van der Waals surface area contributed by atoms with Crippen LogP contribution in [0.15, 0.2) is 24.3 Å². The Kier molecular flexibility index (Phi) is 5.90. The van der Waals surface area contributed by atoms with Crippen molar-refractivity contribution >= 4 is 5.91 Å². The van der Waals surface area contributed by atoms with Gasteiger partial charge in [-0.15, -0.1) is 0 Å². The molecule has 24 heavy (non-hydrogen) atoms. The van der Waals surface area contributed by atoms with Gasteiger partial charge in [0.15, 0.2) is 0 Å². The van der Waals surface area contributed by atoms with Crippen LogP contribution in [-0.2, 0) is 6.54 Å². The molecule has 0 unspecified atom stereocenters. The summed E-state index contributed by atoms with van der Waals surface area (Å²) in [6.07, 6.45) is 3.97. The molecule has 0 atom stereocenters. The van der Waals surface area contributed by atoms with E-state index >= 15 is 0 Å². The zero-order valence-corrected chi connectivity index (χ0v) is 15.2. The molecule has 2 fully saturated rings. The number of piperidine rings is 1. The third kappa shape index (κ3) is 4.37. The van der Waals surface area contributed by atoms with Crippen LogP contribution in [0, 0.1) is 0 Å². The third-order valence-electron chi connectivity index (χ3n) is 5.36. The molecule has 2 saturated heterocycles. The van der Waals surface area contributed by atoms with Gasteiger partial charge in [0.2, 0.25) is 0 Å². The molecule has 2 heterocycles. The molecule has 0 spiro atoms. The van der Waals surface area contributed by atoms with Crippen LogP contribution < -0.4 is 0 Å². The Bertz CT molecular complexity index is 544. The number of piperazine rings is 1. The summed E-state index contributed by atoms with van der Waals surface area (Å²) in [5.74, 6) is 0.193. The second-order valence-corrected chi connectivity index (χ2v) is 7.46. The Hall–Kier alpha value is -1.39. The number of likely N-dealkylation sites (tertiary alicyclic amines) is 1. The normalized spacial score (nSPS) is 20.5. The molecule has 0 aliphatic carbocycles. The van der Waals surface area contributed by atoms with Gasteiger partial charge >= 0.3 is 0 Å². The van der Waals surface area contributed by atoms with E-state index in [0.717, 1.165) is 38.3 Å². The van der Waals surface area contributed by atoms with E-state index in [2.05, 4.69) is 35.8 Å². The molecule has 1 aromatic carbocycles. The lowest BCUT2D eigenvalue weighted by Crippen LogP contribution is -2.50. The van der Waals surface area contributed by atoms with E-state index in [1.807, 2.05) is 17.0 Å². The molecule has 1 aromatic rings. The minimum atomic E-state index is 0.193.